The SMILES string of the molecule is COc1ccc2[nH]c(=O)c(CN(C)C(=O)c3ccccc3OC)cc2c1. The van der Waals surface area contributed by atoms with Crippen LogP contribution in [0.5, 0.6) is 11.5 Å². The van der Waals surface area contributed by atoms with Gasteiger partial charge in [-0.2, -0.15) is 0 Å². The molecule has 1 heterocycles. The molecule has 0 saturated heterocycles. The van der Waals surface area contributed by atoms with Gasteiger partial charge in [0.2, 0.25) is 0 Å². The molecule has 6 heteroatoms. The molecule has 0 aliphatic heterocycles. The highest BCUT2D eigenvalue weighted by Crippen LogP contribution is 2.21. The standard InChI is InChI=1S/C20H20N2O4/c1-22(20(24)16-6-4-5-7-18(16)26-3)12-14-10-13-11-15(25-2)8-9-17(13)21-19(14)23/h4-11H,12H2,1-3H3,(H,21,23). The summed E-state index contributed by atoms with van der Waals surface area (Å²) in [6.07, 6.45) is 0. The van der Waals surface area contributed by atoms with E-state index in [1.165, 1.54) is 12.0 Å². The van der Waals surface area contributed by atoms with Crippen molar-refractivity contribution in [2.45, 2.75) is 6.54 Å². The number of fused-ring (bicyclic) bond motifs is 1. The van der Waals surface area contributed by atoms with Crippen LogP contribution in [0.25, 0.3) is 10.9 Å². The summed E-state index contributed by atoms with van der Waals surface area (Å²) in [6, 6.07) is 14.2. The third kappa shape index (κ3) is 3.39. The first-order chi connectivity index (χ1) is 12.5. The molecular weight excluding hydrogens is 332 g/mol. The third-order valence-electron chi connectivity index (χ3n) is 4.22. The Bertz CT molecular complexity index is 1010. The molecule has 0 atom stereocenters. The van der Waals surface area contributed by atoms with Crippen molar-refractivity contribution in [1.29, 1.82) is 0 Å². The molecule has 1 aromatic heterocycles. The number of carbonyl (C=O) groups excluding carboxylic acids is 1. The zero-order valence-corrected chi connectivity index (χ0v) is 14.9. The monoisotopic (exact) mass is 352 g/mol. The van der Waals surface area contributed by atoms with Crippen LogP contribution in [0.3, 0.4) is 0 Å². The number of nitrogens with one attached hydrogen (secondary N) is 1. The molecule has 6 nitrogen and oxygen atoms in total. The Morgan fingerprint density at radius 3 is 2.58 bits per heavy atom. The number of carbonyl (C=O) groups is 1. The second-order valence-corrected chi connectivity index (χ2v) is 5.94. The van der Waals surface area contributed by atoms with Crippen LogP contribution in [-0.4, -0.2) is 37.1 Å². The first-order valence-corrected chi connectivity index (χ1v) is 8.12. The van der Waals surface area contributed by atoms with Crippen LogP contribution in [0.2, 0.25) is 0 Å². The van der Waals surface area contributed by atoms with Crippen molar-refractivity contribution < 1.29 is 14.3 Å². The van der Waals surface area contributed by atoms with Gasteiger partial charge >= 0.3 is 0 Å². The van der Waals surface area contributed by atoms with E-state index in [1.54, 1.807) is 56.6 Å². The van der Waals surface area contributed by atoms with Crippen molar-refractivity contribution in [3.63, 3.8) is 0 Å². The highest BCUT2D eigenvalue weighted by Gasteiger charge is 2.17. The predicted octanol–water partition coefficient (Wildman–Crippen LogP) is 2.82. The largest absolute Gasteiger partial charge is 0.497 e. The molecule has 0 aliphatic carbocycles. The molecule has 1 N–H and O–H groups in total. The molecule has 0 unspecified atom stereocenters. The van der Waals surface area contributed by atoms with Crippen molar-refractivity contribution >= 4 is 16.8 Å². The number of benzene rings is 2. The predicted molar refractivity (Wildman–Crippen MR) is 99.9 cm³/mol. The highest BCUT2D eigenvalue weighted by molar-refractivity contribution is 5.96. The normalized spacial score (nSPS) is 10.6. The summed E-state index contributed by atoms with van der Waals surface area (Å²) in [5.74, 6) is 0.989. The number of ether oxygens (including phenoxy) is 2. The summed E-state index contributed by atoms with van der Waals surface area (Å²) in [6.45, 7) is 0.180. The summed E-state index contributed by atoms with van der Waals surface area (Å²) in [4.78, 5) is 29.4. The molecule has 0 spiro atoms. The number of nitrogens with zero attached hydrogens (tertiary/aromatic N) is 1. The van der Waals surface area contributed by atoms with Crippen molar-refractivity contribution in [1.82, 2.24) is 9.88 Å². The van der Waals surface area contributed by atoms with E-state index in [9.17, 15) is 9.59 Å². The number of hydrogen-bond acceptors (Lipinski definition) is 4. The minimum Gasteiger partial charge on any atom is -0.497 e. The molecule has 2 aromatic carbocycles. The van der Waals surface area contributed by atoms with E-state index in [0.29, 0.717) is 22.6 Å². The number of hydrogen-bond donors (Lipinski definition) is 1. The number of aromatic nitrogens is 1. The molecule has 0 radical (unpaired) electrons. The quantitative estimate of drug-likeness (QED) is 0.766. The maximum Gasteiger partial charge on any atom is 0.257 e. The lowest BCUT2D eigenvalue weighted by Crippen LogP contribution is -2.29. The fourth-order valence-corrected chi connectivity index (χ4v) is 2.83. The maximum atomic E-state index is 12.7. The summed E-state index contributed by atoms with van der Waals surface area (Å²) in [5.41, 5.74) is 1.45. The molecule has 134 valence electrons. The van der Waals surface area contributed by atoms with Gasteiger partial charge in [0.25, 0.3) is 11.5 Å². The van der Waals surface area contributed by atoms with Crippen LogP contribution < -0.4 is 15.0 Å². The van der Waals surface area contributed by atoms with Gasteiger partial charge in [0.15, 0.2) is 0 Å². The zero-order chi connectivity index (χ0) is 18.7. The van der Waals surface area contributed by atoms with E-state index in [1.807, 2.05) is 6.07 Å². The molecule has 3 aromatic rings. The molecule has 3 rings (SSSR count). The number of amides is 1. The highest BCUT2D eigenvalue weighted by atomic mass is 16.5. The number of pyridine rings is 1. The van der Waals surface area contributed by atoms with E-state index in [-0.39, 0.29) is 18.0 Å². The fourth-order valence-electron chi connectivity index (χ4n) is 2.83. The topological polar surface area (TPSA) is 71.6 Å². The number of para-hydroxylation sites is 1. The summed E-state index contributed by atoms with van der Waals surface area (Å²) >= 11 is 0. The van der Waals surface area contributed by atoms with Gasteiger partial charge in [0, 0.05) is 23.5 Å². The summed E-state index contributed by atoms with van der Waals surface area (Å²) in [7, 11) is 4.77. The van der Waals surface area contributed by atoms with Crippen LogP contribution >= 0.6 is 0 Å². The van der Waals surface area contributed by atoms with Crippen LogP contribution in [0, 0.1) is 0 Å². The Balaban J connectivity index is 1.91. The Morgan fingerprint density at radius 1 is 1.08 bits per heavy atom. The zero-order valence-electron chi connectivity index (χ0n) is 14.9. The van der Waals surface area contributed by atoms with Gasteiger partial charge in [-0.05, 0) is 36.4 Å². The van der Waals surface area contributed by atoms with Crippen molar-refractivity contribution in [2.75, 3.05) is 21.3 Å². The van der Waals surface area contributed by atoms with Gasteiger partial charge in [-0.3, -0.25) is 9.59 Å². The molecule has 0 aliphatic rings. The lowest BCUT2D eigenvalue weighted by Gasteiger charge is -2.18. The van der Waals surface area contributed by atoms with E-state index in [4.69, 9.17) is 9.47 Å². The fraction of sp³-hybridized carbons (Fsp3) is 0.200. The van der Waals surface area contributed by atoms with E-state index in [0.717, 1.165) is 10.9 Å². The van der Waals surface area contributed by atoms with Gasteiger partial charge in [0.05, 0.1) is 26.3 Å². The Morgan fingerprint density at radius 2 is 1.85 bits per heavy atom. The Hall–Kier alpha value is -3.28. The summed E-state index contributed by atoms with van der Waals surface area (Å²) < 4.78 is 10.5. The second-order valence-electron chi connectivity index (χ2n) is 5.94. The van der Waals surface area contributed by atoms with Crippen molar-refractivity contribution in [3.05, 3.63) is 70.0 Å². The number of methoxy groups -OCH3 is 2. The average molecular weight is 352 g/mol. The average Bonchev–Trinajstić information content (AvgIpc) is 2.67. The third-order valence-corrected chi connectivity index (χ3v) is 4.22. The van der Waals surface area contributed by atoms with Crippen LogP contribution in [0.1, 0.15) is 15.9 Å². The minimum atomic E-state index is -0.220. The van der Waals surface area contributed by atoms with E-state index < -0.39 is 0 Å². The van der Waals surface area contributed by atoms with Crippen molar-refractivity contribution in [2.24, 2.45) is 0 Å². The molecule has 0 bridgehead atoms. The lowest BCUT2D eigenvalue weighted by atomic mass is 10.1. The molecular formula is C20H20N2O4. The first-order valence-electron chi connectivity index (χ1n) is 8.12. The molecule has 1 amide bonds. The maximum absolute atomic E-state index is 12.7. The van der Waals surface area contributed by atoms with Gasteiger partial charge in [-0.1, -0.05) is 12.1 Å². The number of aromatic amines is 1. The molecule has 0 saturated carbocycles. The Kier molecular flexibility index (Phi) is 4.93. The number of rotatable bonds is 5. The van der Waals surface area contributed by atoms with Gasteiger partial charge in [0.1, 0.15) is 11.5 Å². The first kappa shape index (κ1) is 17.5. The van der Waals surface area contributed by atoms with Crippen LogP contribution in [-0.2, 0) is 6.54 Å². The number of H-pyrrole nitrogens is 1. The minimum absolute atomic E-state index is 0.180. The van der Waals surface area contributed by atoms with E-state index >= 15 is 0 Å². The van der Waals surface area contributed by atoms with Crippen molar-refractivity contribution in [3.8, 4) is 11.5 Å². The van der Waals surface area contributed by atoms with Crippen LogP contribution in [0.4, 0.5) is 0 Å². The van der Waals surface area contributed by atoms with Gasteiger partial charge in [-0.15, -0.1) is 0 Å². The van der Waals surface area contributed by atoms with Gasteiger partial charge in [-0.25, -0.2) is 0 Å². The van der Waals surface area contributed by atoms with Crippen LogP contribution in [0.15, 0.2) is 53.3 Å². The second kappa shape index (κ2) is 7.31. The Labute approximate surface area is 151 Å². The van der Waals surface area contributed by atoms with E-state index in [2.05, 4.69) is 4.98 Å². The lowest BCUT2D eigenvalue weighted by molar-refractivity contribution is 0.0781. The molecule has 0 fully saturated rings. The summed E-state index contributed by atoms with van der Waals surface area (Å²) in [5, 5.41) is 0.845. The van der Waals surface area contributed by atoms with Gasteiger partial charge < -0.3 is 19.4 Å². The smallest absolute Gasteiger partial charge is 0.257 e. The molecule has 26 heavy (non-hydrogen) atoms.